The average molecular weight is 292 g/mol. The molecule has 0 fully saturated rings. The van der Waals surface area contributed by atoms with Crippen LogP contribution in [0.5, 0.6) is 5.75 Å². The summed E-state index contributed by atoms with van der Waals surface area (Å²) in [5.74, 6) is 0.970. The lowest BCUT2D eigenvalue weighted by atomic mass is 10.2. The fourth-order valence-electron chi connectivity index (χ4n) is 1.70. The van der Waals surface area contributed by atoms with E-state index in [0.717, 1.165) is 0 Å². The van der Waals surface area contributed by atoms with Crippen LogP contribution in [0.25, 0.3) is 11.5 Å². The molecule has 1 aromatic carbocycles. The second kappa shape index (κ2) is 6.31. The van der Waals surface area contributed by atoms with Gasteiger partial charge in [0, 0.05) is 23.7 Å². The Morgan fingerprint density at radius 3 is 2.86 bits per heavy atom. The van der Waals surface area contributed by atoms with E-state index in [4.69, 9.17) is 9.26 Å². The van der Waals surface area contributed by atoms with Crippen LogP contribution >= 0.6 is 0 Å². The third-order valence-corrected chi connectivity index (χ3v) is 2.76. The number of hydrogen-bond donors (Lipinski definition) is 1. The molecule has 2 aromatic rings. The van der Waals surface area contributed by atoms with Crippen molar-refractivity contribution in [2.75, 3.05) is 7.11 Å². The Morgan fingerprint density at radius 2 is 2.24 bits per heavy atom. The minimum Gasteiger partial charge on any atom is -0.490 e. The van der Waals surface area contributed by atoms with Crippen molar-refractivity contribution in [3.63, 3.8) is 0 Å². The number of nitro benzene ring substituents is 1. The second-order valence-corrected chi connectivity index (χ2v) is 4.70. The maximum Gasteiger partial charge on any atom is 0.310 e. The summed E-state index contributed by atoms with van der Waals surface area (Å²) in [6, 6.07) is 4.72. The van der Waals surface area contributed by atoms with Crippen LogP contribution in [0, 0.1) is 10.1 Å². The quantitative estimate of drug-likeness (QED) is 0.642. The first-order valence-corrected chi connectivity index (χ1v) is 6.40. The summed E-state index contributed by atoms with van der Waals surface area (Å²) in [4.78, 5) is 14.6. The van der Waals surface area contributed by atoms with Crippen molar-refractivity contribution < 1.29 is 14.2 Å². The van der Waals surface area contributed by atoms with E-state index < -0.39 is 4.92 Å². The van der Waals surface area contributed by atoms with E-state index in [1.807, 2.05) is 13.8 Å². The molecule has 0 atom stereocenters. The highest BCUT2D eigenvalue weighted by atomic mass is 16.6. The lowest BCUT2D eigenvalue weighted by Crippen LogP contribution is -2.22. The molecule has 0 saturated carbocycles. The number of nitro groups is 1. The molecule has 0 spiro atoms. The predicted octanol–water partition coefficient (Wildman–Crippen LogP) is 2.15. The summed E-state index contributed by atoms with van der Waals surface area (Å²) in [6.07, 6.45) is 0. The first kappa shape index (κ1) is 14.9. The number of ether oxygens (including phenoxy) is 1. The minimum absolute atomic E-state index is 0.109. The van der Waals surface area contributed by atoms with Crippen molar-refractivity contribution in [1.29, 1.82) is 0 Å². The van der Waals surface area contributed by atoms with E-state index in [1.165, 1.54) is 19.2 Å². The summed E-state index contributed by atoms with van der Waals surface area (Å²) in [5.41, 5.74) is 0.461. The Labute approximate surface area is 121 Å². The van der Waals surface area contributed by atoms with E-state index >= 15 is 0 Å². The standard InChI is InChI=1S/C13H16N4O4/c1-8(2)14-7-12-15-13(21-16-12)9-4-5-10(17(18)19)11(6-9)20-3/h4-6,8,14H,7H2,1-3H3. The zero-order valence-corrected chi connectivity index (χ0v) is 12.0. The van der Waals surface area contributed by atoms with Gasteiger partial charge in [-0.2, -0.15) is 4.98 Å². The van der Waals surface area contributed by atoms with Crippen molar-refractivity contribution in [3.05, 3.63) is 34.1 Å². The molecule has 0 bridgehead atoms. The van der Waals surface area contributed by atoms with Gasteiger partial charge in [0.25, 0.3) is 5.89 Å². The van der Waals surface area contributed by atoms with Gasteiger partial charge in [0.05, 0.1) is 18.6 Å². The number of hydrogen-bond acceptors (Lipinski definition) is 7. The van der Waals surface area contributed by atoms with Gasteiger partial charge in [0.2, 0.25) is 0 Å². The Bertz CT molecular complexity index is 639. The summed E-state index contributed by atoms with van der Waals surface area (Å²) in [7, 11) is 1.37. The monoisotopic (exact) mass is 292 g/mol. The van der Waals surface area contributed by atoms with Crippen LogP contribution in [0.15, 0.2) is 22.7 Å². The highest BCUT2D eigenvalue weighted by Crippen LogP contribution is 2.31. The molecule has 8 nitrogen and oxygen atoms in total. The molecule has 1 heterocycles. The average Bonchev–Trinajstić information content (AvgIpc) is 2.93. The molecule has 0 aliphatic carbocycles. The normalized spacial score (nSPS) is 10.9. The lowest BCUT2D eigenvalue weighted by molar-refractivity contribution is -0.385. The summed E-state index contributed by atoms with van der Waals surface area (Å²) >= 11 is 0. The third-order valence-electron chi connectivity index (χ3n) is 2.76. The van der Waals surface area contributed by atoms with Gasteiger partial charge in [-0.25, -0.2) is 0 Å². The molecular formula is C13H16N4O4. The molecule has 1 aromatic heterocycles. The second-order valence-electron chi connectivity index (χ2n) is 4.70. The van der Waals surface area contributed by atoms with Gasteiger partial charge in [0.1, 0.15) is 0 Å². The maximum atomic E-state index is 10.8. The molecule has 8 heteroatoms. The summed E-state index contributed by atoms with van der Waals surface area (Å²) < 4.78 is 10.2. The molecular weight excluding hydrogens is 276 g/mol. The van der Waals surface area contributed by atoms with Gasteiger partial charge in [-0.15, -0.1) is 0 Å². The molecule has 0 radical (unpaired) electrons. The van der Waals surface area contributed by atoms with Gasteiger partial charge in [0.15, 0.2) is 11.6 Å². The lowest BCUT2D eigenvalue weighted by Gasteiger charge is -2.03. The Balaban J connectivity index is 2.24. The highest BCUT2D eigenvalue weighted by molar-refractivity contribution is 5.61. The fraction of sp³-hybridized carbons (Fsp3) is 0.385. The molecule has 0 aliphatic heterocycles. The van der Waals surface area contributed by atoms with Gasteiger partial charge >= 0.3 is 5.69 Å². The zero-order chi connectivity index (χ0) is 15.4. The molecule has 2 rings (SSSR count). The third kappa shape index (κ3) is 3.54. The Hall–Kier alpha value is -2.48. The van der Waals surface area contributed by atoms with Crippen LogP contribution in [0.4, 0.5) is 5.69 Å². The van der Waals surface area contributed by atoms with Crippen molar-refractivity contribution >= 4 is 5.69 Å². The molecule has 0 amide bonds. The highest BCUT2D eigenvalue weighted by Gasteiger charge is 2.17. The zero-order valence-electron chi connectivity index (χ0n) is 12.0. The predicted molar refractivity (Wildman–Crippen MR) is 74.9 cm³/mol. The van der Waals surface area contributed by atoms with Crippen LogP contribution < -0.4 is 10.1 Å². The largest absolute Gasteiger partial charge is 0.490 e. The Kier molecular flexibility index (Phi) is 4.49. The number of benzene rings is 1. The summed E-state index contributed by atoms with van der Waals surface area (Å²) in [5, 5.41) is 17.9. The van der Waals surface area contributed by atoms with E-state index in [2.05, 4.69) is 15.5 Å². The van der Waals surface area contributed by atoms with Gasteiger partial charge < -0.3 is 14.6 Å². The number of rotatable bonds is 6. The molecule has 21 heavy (non-hydrogen) atoms. The van der Waals surface area contributed by atoms with E-state index in [0.29, 0.717) is 29.9 Å². The number of nitrogens with zero attached hydrogens (tertiary/aromatic N) is 3. The van der Waals surface area contributed by atoms with Crippen LogP contribution in [-0.4, -0.2) is 28.2 Å². The van der Waals surface area contributed by atoms with Crippen molar-refractivity contribution in [3.8, 4) is 17.2 Å². The number of aromatic nitrogens is 2. The van der Waals surface area contributed by atoms with E-state index in [-0.39, 0.29) is 11.4 Å². The topological polar surface area (TPSA) is 103 Å². The van der Waals surface area contributed by atoms with Crippen LogP contribution in [0.1, 0.15) is 19.7 Å². The van der Waals surface area contributed by atoms with E-state index in [1.54, 1.807) is 6.07 Å². The van der Waals surface area contributed by atoms with Crippen LogP contribution in [0.2, 0.25) is 0 Å². The Morgan fingerprint density at radius 1 is 1.48 bits per heavy atom. The smallest absolute Gasteiger partial charge is 0.310 e. The van der Waals surface area contributed by atoms with Gasteiger partial charge in [-0.05, 0) is 6.07 Å². The van der Waals surface area contributed by atoms with Gasteiger partial charge in [-0.1, -0.05) is 19.0 Å². The van der Waals surface area contributed by atoms with Crippen molar-refractivity contribution in [2.24, 2.45) is 0 Å². The molecule has 0 unspecified atom stereocenters. The molecule has 0 aliphatic rings. The molecule has 112 valence electrons. The summed E-state index contributed by atoms with van der Waals surface area (Å²) in [6.45, 7) is 4.52. The minimum atomic E-state index is -0.506. The molecule has 0 saturated heterocycles. The van der Waals surface area contributed by atoms with Crippen LogP contribution in [0.3, 0.4) is 0 Å². The first-order valence-electron chi connectivity index (χ1n) is 6.40. The van der Waals surface area contributed by atoms with E-state index in [9.17, 15) is 10.1 Å². The number of nitrogens with one attached hydrogen (secondary N) is 1. The maximum absolute atomic E-state index is 10.8. The van der Waals surface area contributed by atoms with Crippen molar-refractivity contribution in [2.45, 2.75) is 26.4 Å². The van der Waals surface area contributed by atoms with Crippen LogP contribution in [-0.2, 0) is 6.54 Å². The number of methoxy groups -OCH3 is 1. The van der Waals surface area contributed by atoms with Gasteiger partial charge in [-0.3, -0.25) is 10.1 Å². The fourth-order valence-corrected chi connectivity index (χ4v) is 1.70. The van der Waals surface area contributed by atoms with Crippen molar-refractivity contribution in [1.82, 2.24) is 15.5 Å². The SMILES string of the molecule is COc1cc(-c2nc(CNC(C)C)no2)ccc1[N+](=O)[O-]. The molecule has 1 N–H and O–H groups in total. The first-order chi connectivity index (χ1) is 10.0.